The predicted molar refractivity (Wildman–Crippen MR) is 81.9 cm³/mol. The van der Waals surface area contributed by atoms with E-state index in [1.54, 1.807) is 6.07 Å². The molecular formula is C18H25FO2. The Labute approximate surface area is 126 Å². The van der Waals surface area contributed by atoms with Crippen molar-refractivity contribution in [1.29, 1.82) is 0 Å². The molecule has 0 unspecified atom stereocenters. The third-order valence-electron chi connectivity index (χ3n) is 4.50. The van der Waals surface area contributed by atoms with Crippen LogP contribution in [0, 0.1) is 12.7 Å². The monoisotopic (exact) mass is 292 g/mol. The number of aryl methyl sites for hydroxylation is 1. The molecule has 0 bridgehead atoms. The Bertz CT molecular complexity index is 488. The van der Waals surface area contributed by atoms with E-state index in [0.717, 1.165) is 36.8 Å². The number of ketones is 1. The van der Waals surface area contributed by atoms with Crippen molar-refractivity contribution in [3.63, 3.8) is 0 Å². The van der Waals surface area contributed by atoms with Crippen molar-refractivity contribution in [2.75, 3.05) is 6.61 Å². The summed E-state index contributed by atoms with van der Waals surface area (Å²) in [6.07, 6.45) is 6.43. The zero-order valence-electron chi connectivity index (χ0n) is 13.1. The molecule has 0 aliphatic heterocycles. The summed E-state index contributed by atoms with van der Waals surface area (Å²) in [7, 11) is 0. The molecule has 0 aromatic heterocycles. The van der Waals surface area contributed by atoms with Gasteiger partial charge in [0, 0.05) is 13.0 Å². The molecule has 116 valence electrons. The third kappa shape index (κ3) is 3.91. The van der Waals surface area contributed by atoms with Gasteiger partial charge < -0.3 is 4.74 Å². The lowest BCUT2D eigenvalue weighted by atomic mass is 9.85. The van der Waals surface area contributed by atoms with Crippen LogP contribution in [0.3, 0.4) is 0 Å². The van der Waals surface area contributed by atoms with E-state index in [4.69, 9.17) is 4.74 Å². The summed E-state index contributed by atoms with van der Waals surface area (Å²) in [4.78, 5) is 12.9. The second-order valence-electron chi connectivity index (χ2n) is 6.01. The fourth-order valence-corrected chi connectivity index (χ4v) is 3.27. The van der Waals surface area contributed by atoms with Crippen molar-refractivity contribution < 1.29 is 13.9 Å². The average Bonchev–Trinajstić information content (AvgIpc) is 2.69. The van der Waals surface area contributed by atoms with Gasteiger partial charge in [-0.05, 0) is 49.9 Å². The Balaban J connectivity index is 2.18. The number of ether oxygens (including phenoxy) is 1. The fourth-order valence-electron chi connectivity index (χ4n) is 3.27. The first-order valence-electron chi connectivity index (χ1n) is 8.00. The van der Waals surface area contributed by atoms with Gasteiger partial charge in [0.15, 0.2) is 5.78 Å². The van der Waals surface area contributed by atoms with Gasteiger partial charge in [-0.2, -0.15) is 0 Å². The quantitative estimate of drug-likeness (QED) is 0.753. The minimum absolute atomic E-state index is 0.154. The largest absolute Gasteiger partial charge is 0.367 e. The molecule has 0 N–H and O–H groups in total. The second kappa shape index (κ2) is 7.17. The molecule has 0 spiro atoms. The van der Waals surface area contributed by atoms with Crippen molar-refractivity contribution >= 4 is 5.78 Å². The molecule has 1 aliphatic rings. The van der Waals surface area contributed by atoms with E-state index >= 15 is 0 Å². The summed E-state index contributed by atoms with van der Waals surface area (Å²) in [5.74, 6) is -0.0985. The number of hydrogen-bond donors (Lipinski definition) is 0. The van der Waals surface area contributed by atoms with Gasteiger partial charge in [0.1, 0.15) is 11.4 Å². The predicted octanol–water partition coefficient (Wildman–Crippen LogP) is 4.38. The van der Waals surface area contributed by atoms with Crippen LogP contribution in [0.25, 0.3) is 0 Å². The maximum atomic E-state index is 13.2. The number of carbonyl (C=O) groups is 1. The molecule has 1 aromatic rings. The van der Waals surface area contributed by atoms with Gasteiger partial charge in [0.25, 0.3) is 0 Å². The number of hydrogen-bond acceptors (Lipinski definition) is 2. The van der Waals surface area contributed by atoms with Crippen molar-refractivity contribution in [3.05, 3.63) is 35.1 Å². The van der Waals surface area contributed by atoms with E-state index in [-0.39, 0.29) is 11.6 Å². The molecule has 1 fully saturated rings. The summed E-state index contributed by atoms with van der Waals surface area (Å²) >= 11 is 0. The molecule has 0 saturated heterocycles. The molecule has 0 radical (unpaired) electrons. The highest BCUT2D eigenvalue weighted by Gasteiger charge is 2.38. The van der Waals surface area contributed by atoms with E-state index in [2.05, 4.69) is 0 Å². The number of Topliss-reactive ketones (excluding diaryl/α,β-unsaturated/α-hetero) is 1. The van der Waals surface area contributed by atoms with Gasteiger partial charge in [0.2, 0.25) is 0 Å². The highest BCUT2D eigenvalue weighted by molar-refractivity contribution is 5.89. The summed E-state index contributed by atoms with van der Waals surface area (Å²) in [6.45, 7) is 4.36. The molecule has 21 heavy (non-hydrogen) atoms. The Morgan fingerprint density at radius 3 is 2.48 bits per heavy atom. The third-order valence-corrected chi connectivity index (χ3v) is 4.50. The molecular weight excluding hydrogens is 267 g/mol. The molecule has 1 aromatic carbocycles. The smallest absolute Gasteiger partial charge is 0.168 e. The van der Waals surface area contributed by atoms with Crippen LogP contribution in [0.15, 0.2) is 18.2 Å². The average molecular weight is 292 g/mol. The maximum Gasteiger partial charge on any atom is 0.168 e. The summed E-state index contributed by atoms with van der Waals surface area (Å²) < 4.78 is 19.1. The number of carbonyl (C=O) groups excluding carboxylic acids is 1. The first kappa shape index (κ1) is 16.2. The Hall–Kier alpha value is -1.22. The molecule has 2 nitrogen and oxygen atoms in total. The lowest BCUT2D eigenvalue weighted by molar-refractivity contribution is -0.145. The van der Waals surface area contributed by atoms with E-state index < -0.39 is 5.60 Å². The van der Waals surface area contributed by atoms with Crippen molar-refractivity contribution in [1.82, 2.24) is 0 Å². The van der Waals surface area contributed by atoms with Crippen molar-refractivity contribution in [2.45, 2.75) is 64.4 Å². The van der Waals surface area contributed by atoms with Crippen LogP contribution in [-0.2, 0) is 16.0 Å². The molecule has 0 amide bonds. The first-order valence-corrected chi connectivity index (χ1v) is 8.00. The molecule has 1 saturated carbocycles. The normalized spacial score (nSPS) is 18.2. The topological polar surface area (TPSA) is 26.3 Å². The first-order chi connectivity index (χ1) is 10.1. The summed E-state index contributed by atoms with van der Waals surface area (Å²) in [5.41, 5.74) is 1.12. The zero-order chi connectivity index (χ0) is 15.3. The number of benzene rings is 1. The number of rotatable bonds is 5. The molecule has 0 heterocycles. The second-order valence-corrected chi connectivity index (χ2v) is 6.01. The minimum atomic E-state index is -0.619. The lowest BCUT2D eigenvalue weighted by Crippen LogP contribution is -2.42. The fraction of sp³-hybridized carbons (Fsp3) is 0.611. The Morgan fingerprint density at radius 1 is 1.24 bits per heavy atom. The van der Waals surface area contributed by atoms with Crippen LogP contribution in [0.1, 0.15) is 56.6 Å². The van der Waals surface area contributed by atoms with Gasteiger partial charge in [0.05, 0.1) is 0 Å². The molecule has 2 rings (SSSR count). The van der Waals surface area contributed by atoms with Gasteiger partial charge in [-0.1, -0.05) is 31.7 Å². The summed E-state index contributed by atoms with van der Waals surface area (Å²) in [5, 5.41) is 0. The van der Waals surface area contributed by atoms with Crippen LogP contribution in [0.5, 0.6) is 0 Å². The van der Waals surface area contributed by atoms with Crippen LogP contribution in [0.4, 0.5) is 4.39 Å². The highest BCUT2D eigenvalue weighted by atomic mass is 19.1. The SMILES string of the molecule is CCOC1(C(=O)Cc2ccc(F)cc2C)CCCCCC1. The Kier molecular flexibility index (Phi) is 5.51. The van der Waals surface area contributed by atoms with Gasteiger partial charge in [-0.25, -0.2) is 4.39 Å². The highest BCUT2D eigenvalue weighted by Crippen LogP contribution is 2.32. The van der Waals surface area contributed by atoms with Gasteiger partial charge in [-0.15, -0.1) is 0 Å². The Morgan fingerprint density at radius 2 is 1.90 bits per heavy atom. The molecule has 1 aliphatic carbocycles. The van der Waals surface area contributed by atoms with Crippen molar-refractivity contribution in [2.24, 2.45) is 0 Å². The summed E-state index contributed by atoms with van der Waals surface area (Å²) in [6, 6.07) is 4.64. The van der Waals surface area contributed by atoms with E-state index in [9.17, 15) is 9.18 Å². The van der Waals surface area contributed by atoms with Crippen LogP contribution in [-0.4, -0.2) is 18.0 Å². The van der Waals surface area contributed by atoms with Crippen molar-refractivity contribution in [3.8, 4) is 0 Å². The van der Waals surface area contributed by atoms with E-state index in [0.29, 0.717) is 13.0 Å². The lowest BCUT2D eigenvalue weighted by Gasteiger charge is -2.31. The van der Waals surface area contributed by atoms with Crippen LogP contribution in [0.2, 0.25) is 0 Å². The minimum Gasteiger partial charge on any atom is -0.367 e. The standard InChI is InChI=1S/C18H25FO2/c1-3-21-18(10-6-4-5-7-11-18)17(20)13-15-8-9-16(19)12-14(15)2/h8-9,12H,3-7,10-11,13H2,1-2H3. The number of halogens is 1. The van der Waals surface area contributed by atoms with E-state index in [1.807, 2.05) is 13.8 Å². The molecule has 0 atom stereocenters. The van der Waals surface area contributed by atoms with E-state index in [1.165, 1.54) is 25.0 Å². The van der Waals surface area contributed by atoms with Crippen LogP contribution < -0.4 is 0 Å². The van der Waals surface area contributed by atoms with Gasteiger partial charge in [-0.3, -0.25) is 4.79 Å². The maximum absolute atomic E-state index is 13.2. The zero-order valence-corrected chi connectivity index (χ0v) is 13.1. The van der Waals surface area contributed by atoms with Gasteiger partial charge >= 0.3 is 0 Å². The molecule has 3 heteroatoms. The van der Waals surface area contributed by atoms with Crippen LogP contribution >= 0.6 is 0 Å².